The van der Waals surface area contributed by atoms with Crippen LogP contribution in [0.25, 0.3) is 0 Å². The summed E-state index contributed by atoms with van der Waals surface area (Å²) in [6.45, 7) is -0.0832. The summed E-state index contributed by atoms with van der Waals surface area (Å²) >= 11 is 0. The smallest absolute Gasteiger partial charge is 0.264 e. The van der Waals surface area contributed by atoms with Gasteiger partial charge in [-0.2, -0.15) is 8.42 Å². The van der Waals surface area contributed by atoms with Crippen molar-refractivity contribution >= 4 is 21.7 Å². The molecule has 7 nitrogen and oxygen atoms in total. The Kier molecular flexibility index (Phi) is 4.32. The first-order valence-corrected chi connectivity index (χ1v) is 9.03. The lowest BCUT2D eigenvalue weighted by Crippen LogP contribution is -2.22. The second-order valence-electron chi connectivity index (χ2n) is 5.52. The number of aromatic hydroxyl groups is 1. The van der Waals surface area contributed by atoms with Crippen molar-refractivity contribution in [1.82, 2.24) is 0 Å². The summed E-state index contributed by atoms with van der Waals surface area (Å²) in [5, 5.41) is 10.0. The molecule has 1 aliphatic carbocycles. The molecule has 130 valence electrons. The van der Waals surface area contributed by atoms with Crippen LogP contribution in [0.3, 0.4) is 0 Å². The largest absolute Gasteiger partial charge is 0.507 e. The van der Waals surface area contributed by atoms with Crippen molar-refractivity contribution in [3.63, 3.8) is 0 Å². The molecule has 0 amide bonds. The molecule has 3 rings (SSSR count). The Balaban J connectivity index is 1.96. The van der Waals surface area contributed by atoms with Gasteiger partial charge in [0.15, 0.2) is 11.6 Å². The number of ketones is 2. The van der Waals surface area contributed by atoms with Gasteiger partial charge in [-0.15, -0.1) is 0 Å². The summed E-state index contributed by atoms with van der Waals surface area (Å²) in [6.07, 6.45) is 0.00715. The van der Waals surface area contributed by atoms with Gasteiger partial charge in [0, 0.05) is 11.1 Å². The van der Waals surface area contributed by atoms with Gasteiger partial charge in [0.1, 0.15) is 11.5 Å². The van der Waals surface area contributed by atoms with Crippen LogP contribution < -0.4 is 4.74 Å². The summed E-state index contributed by atoms with van der Waals surface area (Å²) in [4.78, 5) is 25.3. The van der Waals surface area contributed by atoms with Crippen molar-refractivity contribution in [3.8, 4) is 11.5 Å². The molecule has 2 aromatic carbocycles. The molecule has 0 fully saturated rings. The molecule has 0 unspecified atom stereocenters. The van der Waals surface area contributed by atoms with Gasteiger partial charge >= 0.3 is 0 Å². The minimum absolute atomic E-state index is 0.00715. The zero-order chi connectivity index (χ0) is 18.2. The van der Waals surface area contributed by atoms with Crippen molar-refractivity contribution in [3.05, 3.63) is 58.7 Å². The molecule has 2 aromatic rings. The van der Waals surface area contributed by atoms with E-state index in [1.165, 1.54) is 24.3 Å². The molecule has 0 saturated heterocycles. The summed E-state index contributed by atoms with van der Waals surface area (Å²) in [5.74, 6) is -1.66. The first-order valence-electron chi connectivity index (χ1n) is 7.42. The van der Waals surface area contributed by atoms with E-state index in [1.807, 2.05) is 0 Å². The lowest BCUT2D eigenvalue weighted by Gasteiger charge is -2.21. The third-order valence-electron chi connectivity index (χ3n) is 3.82. The number of hydrogen-bond donors (Lipinski definition) is 2. The molecule has 0 bridgehead atoms. The number of rotatable bonds is 5. The molecule has 0 spiro atoms. The molecule has 25 heavy (non-hydrogen) atoms. The van der Waals surface area contributed by atoms with Gasteiger partial charge in [0.2, 0.25) is 0 Å². The minimum Gasteiger partial charge on any atom is -0.507 e. The maximum Gasteiger partial charge on any atom is 0.264 e. The Hall–Kier alpha value is -2.71. The lowest BCUT2D eigenvalue weighted by atomic mass is 9.83. The monoisotopic (exact) mass is 362 g/mol. The zero-order valence-corrected chi connectivity index (χ0v) is 13.7. The first kappa shape index (κ1) is 17.1. The highest BCUT2D eigenvalue weighted by atomic mass is 32.2. The molecule has 8 heteroatoms. The second-order valence-corrected chi connectivity index (χ2v) is 7.10. The molecule has 2 N–H and O–H groups in total. The quantitative estimate of drug-likeness (QED) is 0.525. The Morgan fingerprint density at radius 2 is 1.52 bits per heavy atom. The minimum atomic E-state index is -4.10. The Bertz CT molecular complexity index is 976. The average molecular weight is 362 g/mol. The van der Waals surface area contributed by atoms with Crippen molar-refractivity contribution in [1.29, 1.82) is 0 Å². The highest BCUT2D eigenvalue weighted by molar-refractivity contribution is 7.85. The molecule has 0 aromatic heterocycles. The van der Waals surface area contributed by atoms with Gasteiger partial charge in [0.05, 0.1) is 23.5 Å². The SMILES string of the molecule is O=C1c2ccccc2C(=O)c2c(OCCCS(=O)(=O)O)ccc(O)c21. The number of carbonyl (C=O) groups is 2. The normalized spacial score (nSPS) is 13.3. The fourth-order valence-corrected chi connectivity index (χ4v) is 3.20. The van der Waals surface area contributed by atoms with Crippen LogP contribution in [0.2, 0.25) is 0 Å². The summed E-state index contributed by atoms with van der Waals surface area (Å²) in [7, 11) is -4.10. The van der Waals surface area contributed by atoms with Crippen LogP contribution in [-0.2, 0) is 10.1 Å². The summed E-state index contributed by atoms with van der Waals surface area (Å²) in [5.41, 5.74) is 0.249. The van der Waals surface area contributed by atoms with E-state index >= 15 is 0 Å². The fourth-order valence-electron chi connectivity index (χ4n) is 2.72. The van der Waals surface area contributed by atoms with E-state index in [0.29, 0.717) is 0 Å². The third kappa shape index (κ3) is 3.26. The number of phenols is 1. The van der Waals surface area contributed by atoms with Crippen LogP contribution in [-0.4, -0.2) is 42.0 Å². The van der Waals surface area contributed by atoms with Gasteiger partial charge < -0.3 is 9.84 Å². The van der Waals surface area contributed by atoms with Gasteiger partial charge in [-0.25, -0.2) is 0 Å². The molecule has 0 saturated carbocycles. The predicted molar refractivity (Wildman–Crippen MR) is 87.9 cm³/mol. The maximum atomic E-state index is 12.7. The third-order valence-corrected chi connectivity index (χ3v) is 4.62. The standard InChI is InChI=1S/C17H14O7S/c18-12-6-7-13(24-8-3-9-25(21,22)23)15-14(12)16(19)10-4-1-2-5-11(10)17(15)20/h1-2,4-7,18H,3,8-9H2,(H,21,22,23). The number of carbonyl (C=O) groups excluding carboxylic acids is 2. The Labute approximate surface area is 143 Å². The van der Waals surface area contributed by atoms with E-state index in [9.17, 15) is 23.1 Å². The highest BCUT2D eigenvalue weighted by Gasteiger charge is 2.34. The molecular formula is C17H14O7S. The predicted octanol–water partition coefficient (Wildman–Crippen LogP) is 1.82. The number of hydrogen-bond acceptors (Lipinski definition) is 6. The Morgan fingerprint density at radius 1 is 0.920 bits per heavy atom. The van der Waals surface area contributed by atoms with Crippen LogP contribution in [0.1, 0.15) is 38.3 Å². The number of fused-ring (bicyclic) bond motifs is 2. The van der Waals surface area contributed by atoms with Crippen molar-refractivity contribution in [2.45, 2.75) is 6.42 Å². The topological polar surface area (TPSA) is 118 Å². The second kappa shape index (κ2) is 6.30. The van der Waals surface area contributed by atoms with Crippen LogP contribution in [0.15, 0.2) is 36.4 Å². The molecule has 0 radical (unpaired) electrons. The number of ether oxygens (including phenoxy) is 1. The summed E-state index contributed by atoms with van der Waals surface area (Å²) in [6, 6.07) is 8.88. The molecule has 0 aliphatic heterocycles. The number of phenolic OH excluding ortho intramolecular Hbond substituents is 1. The van der Waals surface area contributed by atoms with E-state index < -0.39 is 27.4 Å². The van der Waals surface area contributed by atoms with Crippen LogP contribution in [0, 0.1) is 0 Å². The van der Waals surface area contributed by atoms with Gasteiger partial charge in [-0.3, -0.25) is 14.1 Å². The zero-order valence-electron chi connectivity index (χ0n) is 12.9. The van der Waals surface area contributed by atoms with E-state index in [2.05, 4.69) is 0 Å². The van der Waals surface area contributed by atoms with Gasteiger partial charge in [0.25, 0.3) is 10.1 Å². The van der Waals surface area contributed by atoms with Crippen molar-refractivity contribution in [2.75, 3.05) is 12.4 Å². The van der Waals surface area contributed by atoms with E-state index in [4.69, 9.17) is 9.29 Å². The average Bonchev–Trinajstić information content (AvgIpc) is 2.56. The van der Waals surface area contributed by atoms with E-state index in [1.54, 1.807) is 12.1 Å². The maximum absolute atomic E-state index is 12.7. The highest BCUT2D eigenvalue weighted by Crippen LogP contribution is 2.38. The van der Waals surface area contributed by atoms with E-state index in [0.717, 1.165) is 0 Å². The van der Waals surface area contributed by atoms with Crippen LogP contribution in [0.4, 0.5) is 0 Å². The fraction of sp³-hybridized carbons (Fsp3) is 0.176. The summed E-state index contributed by atoms with van der Waals surface area (Å²) < 4.78 is 35.6. The van der Waals surface area contributed by atoms with Gasteiger partial charge in [-0.05, 0) is 18.6 Å². The Morgan fingerprint density at radius 3 is 2.12 bits per heavy atom. The van der Waals surface area contributed by atoms with E-state index in [-0.39, 0.29) is 46.8 Å². The van der Waals surface area contributed by atoms with Crippen molar-refractivity contribution in [2.24, 2.45) is 0 Å². The molecular weight excluding hydrogens is 348 g/mol. The lowest BCUT2D eigenvalue weighted by molar-refractivity contribution is 0.0973. The molecule has 0 heterocycles. The van der Waals surface area contributed by atoms with Crippen LogP contribution >= 0.6 is 0 Å². The molecule has 0 atom stereocenters. The van der Waals surface area contributed by atoms with Crippen LogP contribution in [0.5, 0.6) is 11.5 Å². The molecule has 1 aliphatic rings. The van der Waals surface area contributed by atoms with Crippen molar-refractivity contribution < 1.29 is 32.4 Å². The van der Waals surface area contributed by atoms with Gasteiger partial charge in [-0.1, -0.05) is 24.3 Å². The number of benzene rings is 2. The first-order chi connectivity index (χ1) is 11.8.